The van der Waals surface area contributed by atoms with Crippen molar-refractivity contribution in [3.8, 4) is 0 Å². The second-order valence-corrected chi connectivity index (χ2v) is 5.77. The molecule has 0 heterocycles. The van der Waals surface area contributed by atoms with Gasteiger partial charge in [-0.25, -0.2) is 13.1 Å². The summed E-state index contributed by atoms with van der Waals surface area (Å²) < 4.78 is 25.7. The summed E-state index contributed by atoms with van der Waals surface area (Å²) in [5.41, 5.74) is 0. The van der Waals surface area contributed by atoms with Gasteiger partial charge in [0.25, 0.3) is 0 Å². The normalized spacial score (nSPS) is 14.1. The molecule has 1 atom stereocenters. The van der Waals surface area contributed by atoms with Crippen molar-refractivity contribution in [3.05, 3.63) is 0 Å². The lowest BCUT2D eigenvalue weighted by Crippen LogP contribution is -2.34. The smallest absolute Gasteiger partial charge is 0.211 e. The fraction of sp³-hybridized carbons (Fsp3) is 1.00. The van der Waals surface area contributed by atoms with E-state index in [1.165, 1.54) is 0 Å². The lowest BCUT2D eigenvalue weighted by atomic mass is 10.1. The summed E-state index contributed by atoms with van der Waals surface area (Å²) in [7, 11) is -3.07. The summed E-state index contributed by atoms with van der Waals surface area (Å²) in [5, 5.41) is 3.07. The van der Waals surface area contributed by atoms with Crippen LogP contribution in [0.3, 0.4) is 0 Å². The predicted octanol–water partition coefficient (Wildman–Crippen LogP) is 0.952. The van der Waals surface area contributed by atoms with Gasteiger partial charge in [-0.05, 0) is 18.9 Å². The summed E-state index contributed by atoms with van der Waals surface area (Å²) in [6, 6.07) is 0. The molecule has 0 amide bonds. The molecule has 4 nitrogen and oxygen atoms in total. The van der Waals surface area contributed by atoms with E-state index in [9.17, 15) is 8.42 Å². The number of likely N-dealkylation sites (N-methyl/N-ethyl adjacent to an activating group) is 1. The van der Waals surface area contributed by atoms with E-state index in [1.54, 1.807) is 0 Å². The van der Waals surface area contributed by atoms with Gasteiger partial charge in [-0.2, -0.15) is 0 Å². The molecule has 0 aliphatic carbocycles. The van der Waals surface area contributed by atoms with Gasteiger partial charge in [0.2, 0.25) is 10.0 Å². The van der Waals surface area contributed by atoms with E-state index in [-0.39, 0.29) is 11.7 Å². The zero-order valence-corrected chi connectivity index (χ0v) is 10.9. The maximum atomic E-state index is 11.5. The molecule has 0 saturated carbocycles. The monoisotopic (exact) mass is 236 g/mol. The van der Waals surface area contributed by atoms with Crippen molar-refractivity contribution in [2.75, 3.05) is 25.4 Å². The fourth-order valence-electron chi connectivity index (χ4n) is 1.48. The zero-order valence-electron chi connectivity index (χ0n) is 10.0. The van der Waals surface area contributed by atoms with Crippen molar-refractivity contribution >= 4 is 10.0 Å². The third kappa shape index (κ3) is 8.84. The Morgan fingerprint density at radius 2 is 1.87 bits per heavy atom. The van der Waals surface area contributed by atoms with Gasteiger partial charge in [0.05, 0.1) is 5.75 Å². The van der Waals surface area contributed by atoms with Gasteiger partial charge in [0, 0.05) is 13.1 Å². The quantitative estimate of drug-likeness (QED) is 0.586. The van der Waals surface area contributed by atoms with E-state index < -0.39 is 10.0 Å². The second-order valence-electron chi connectivity index (χ2n) is 3.92. The SMILES string of the molecule is CCCC(C)CS(=O)(=O)NCCNCC. The molecule has 0 spiro atoms. The first-order valence-electron chi connectivity index (χ1n) is 5.69. The minimum atomic E-state index is -3.07. The molecule has 0 rings (SSSR count). The molecule has 5 heteroatoms. The van der Waals surface area contributed by atoms with Gasteiger partial charge in [0.15, 0.2) is 0 Å². The molecule has 0 aliphatic rings. The Morgan fingerprint density at radius 3 is 2.40 bits per heavy atom. The zero-order chi connectivity index (χ0) is 11.7. The standard InChI is InChI=1S/C10H24N2O2S/c1-4-6-10(3)9-15(13,14)12-8-7-11-5-2/h10-12H,4-9H2,1-3H3. The van der Waals surface area contributed by atoms with E-state index in [1.807, 2.05) is 13.8 Å². The first-order chi connectivity index (χ1) is 7.02. The average molecular weight is 236 g/mol. The van der Waals surface area contributed by atoms with Gasteiger partial charge >= 0.3 is 0 Å². The molecule has 2 N–H and O–H groups in total. The van der Waals surface area contributed by atoms with Crippen molar-refractivity contribution in [2.45, 2.75) is 33.6 Å². The highest BCUT2D eigenvalue weighted by Crippen LogP contribution is 2.07. The Labute approximate surface area is 93.9 Å². The van der Waals surface area contributed by atoms with Crippen LogP contribution in [0.25, 0.3) is 0 Å². The first-order valence-corrected chi connectivity index (χ1v) is 7.35. The summed E-state index contributed by atoms with van der Waals surface area (Å²) in [5.74, 6) is 0.485. The van der Waals surface area contributed by atoms with Crippen molar-refractivity contribution in [1.82, 2.24) is 10.0 Å². The predicted molar refractivity (Wildman–Crippen MR) is 64.4 cm³/mol. The van der Waals surface area contributed by atoms with E-state index in [0.29, 0.717) is 13.1 Å². The van der Waals surface area contributed by atoms with Crippen LogP contribution in [0.1, 0.15) is 33.6 Å². The minimum Gasteiger partial charge on any atom is -0.316 e. The molecular formula is C10H24N2O2S. The Hall–Kier alpha value is -0.130. The molecule has 0 bridgehead atoms. The second kappa shape index (κ2) is 8.07. The lowest BCUT2D eigenvalue weighted by Gasteiger charge is -2.11. The molecule has 0 aromatic carbocycles. The fourth-order valence-corrected chi connectivity index (χ4v) is 2.93. The molecule has 0 radical (unpaired) electrons. The molecule has 1 unspecified atom stereocenters. The van der Waals surface area contributed by atoms with Crippen molar-refractivity contribution < 1.29 is 8.42 Å². The van der Waals surface area contributed by atoms with Crippen LogP contribution in [-0.2, 0) is 10.0 Å². The molecule has 0 aliphatic heterocycles. The molecule has 0 aromatic rings. The highest BCUT2D eigenvalue weighted by Gasteiger charge is 2.13. The number of hydrogen-bond acceptors (Lipinski definition) is 3. The number of nitrogens with one attached hydrogen (secondary N) is 2. The van der Waals surface area contributed by atoms with Crippen LogP contribution in [0.2, 0.25) is 0 Å². The van der Waals surface area contributed by atoms with Crippen molar-refractivity contribution in [3.63, 3.8) is 0 Å². The third-order valence-electron chi connectivity index (χ3n) is 2.16. The number of hydrogen-bond donors (Lipinski definition) is 2. The van der Waals surface area contributed by atoms with Crippen LogP contribution in [0.5, 0.6) is 0 Å². The minimum absolute atomic E-state index is 0.242. The number of rotatable bonds is 9. The highest BCUT2D eigenvalue weighted by atomic mass is 32.2. The van der Waals surface area contributed by atoms with Crippen LogP contribution in [0.4, 0.5) is 0 Å². The maximum Gasteiger partial charge on any atom is 0.211 e. The third-order valence-corrected chi connectivity index (χ3v) is 3.81. The van der Waals surface area contributed by atoms with Gasteiger partial charge in [0.1, 0.15) is 0 Å². The van der Waals surface area contributed by atoms with Crippen molar-refractivity contribution in [1.29, 1.82) is 0 Å². The van der Waals surface area contributed by atoms with Gasteiger partial charge < -0.3 is 5.32 Å². The van der Waals surface area contributed by atoms with Gasteiger partial charge in [-0.3, -0.25) is 0 Å². The van der Waals surface area contributed by atoms with Gasteiger partial charge in [-0.15, -0.1) is 0 Å². The van der Waals surface area contributed by atoms with E-state index >= 15 is 0 Å². The van der Waals surface area contributed by atoms with Crippen LogP contribution in [-0.4, -0.2) is 33.8 Å². The Balaban J connectivity index is 3.76. The molecule has 92 valence electrons. The largest absolute Gasteiger partial charge is 0.316 e. The Morgan fingerprint density at radius 1 is 1.20 bits per heavy atom. The highest BCUT2D eigenvalue weighted by molar-refractivity contribution is 7.89. The first kappa shape index (κ1) is 14.9. The van der Waals surface area contributed by atoms with Crippen LogP contribution in [0, 0.1) is 5.92 Å². The van der Waals surface area contributed by atoms with Crippen LogP contribution < -0.4 is 10.0 Å². The molecule has 0 saturated heterocycles. The van der Waals surface area contributed by atoms with Crippen LogP contribution >= 0.6 is 0 Å². The van der Waals surface area contributed by atoms with E-state index in [2.05, 4.69) is 17.0 Å². The summed E-state index contributed by atoms with van der Waals surface area (Å²) >= 11 is 0. The van der Waals surface area contributed by atoms with Gasteiger partial charge in [-0.1, -0.05) is 27.2 Å². The van der Waals surface area contributed by atoms with E-state index in [0.717, 1.165) is 19.4 Å². The Kier molecular flexibility index (Phi) is 8.00. The summed E-state index contributed by atoms with van der Waals surface area (Å²) in [6.07, 6.45) is 2.00. The molecular weight excluding hydrogens is 212 g/mol. The Bertz CT molecular complexity index is 240. The molecule has 15 heavy (non-hydrogen) atoms. The molecule has 0 fully saturated rings. The molecule has 0 aromatic heterocycles. The summed E-state index contributed by atoms with van der Waals surface area (Å²) in [6.45, 7) is 8.09. The van der Waals surface area contributed by atoms with Crippen LogP contribution in [0.15, 0.2) is 0 Å². The lowest BCUT2D eigenvalue weighted by molar-refractivity contribution is 0.535. The topological polar surface area (TPSA) is 58.2 Å². The summed E-state index contributed by atoms with van der Waals surface area (Å²) in [4.78, 5) is 0. The van der Waals surface area contributed by atoms with E-state index in [4.69, 9.17) is 0 Å². The van der Waals surface area contributed by atoms with Crippen molar-refractivity contribution in [2.24, 2.45) is 5.92 Å². The number of sulfonamides is 1. The average Bonchev–Trinajstić information content (AvgIpc) is 2.12. The maximum absolute atomic E-state index is 11.5.